The smallest absolute Gasteiger partial charge is 0.0827 e. The van der Waals surface area contributed by atoms with Crippen LogP contribution < -0.4 is 0 Å². The highest BCUT2D eigenvalue weighted by atomic mass is 35.5. The summed E-state index contributed by atoms with van der Waals surface area (Å²) in [5.74, 6) is 0.671. The van der Waals surface area contributed by atoms with Crippen LogP contribution in [0.3, 0.4) is 0 Å². The molecule has 18 heavy (non-hydrogen) atoms. The fourth-order valence-corrected chi connectivity index (χ4v) is 2.00. The Kier molecular flexibility index (Phi) is 4.37. The summed E-state index contributed by atoms with van der Waals surface area (Å²) in [4.78, 5) is 0. The largest absolute Gasteiger partial charge is 0.248 e. The van der Waals surface area contributed by atoms with Crippen molar-refractivity contribution in [3.8, 4) is 0 Å². The second-order valence-corrected chi connectivity index (χ2v) is 5.00. The molecule has 0 bridgehead atoms. The van der Waals surface area contributed by atoms with Crippen molar-refractivity contribution in [2.24, 2.45) is 0 Å². The van der Waals surface area contributed by atoms with Gasteiger partial charge in [-0.25, -0.2) is 4.68 Å². The lowest BCUT2D eigenvalue weighted by Crippen LogP contribution is -2.01. The van der Waals surface area contributed by atoms with Gasteiger partial charge < -0.3 is 0 Å². The zero-order valence-electron chi connectivity index (χ0n) is 10.9. The Bertz CT molecular complexity index is 520. The Morgan fingerprint density at radius 1 is 1.22 bits per heavy atom. The molecule has 1 aromatic heterocycles. The van der Waals surface area contributed by atoms with Crippen molar-refractivity contribution >= 4 is 11.6 Å². The first-order valence-electron chi connectivity index (χ1n) is 6.20. The molecular formula is C14H18ClN3. The van der Waals surface area contributed by atoms with Crippen LogP contribution in [0.2, 0.25) is 0 Å². The number of aromatic nitrogens is 3. The van der Waals surface area contributed by atoms with Gasteiger partial charge in [0.05, 0.1) is 12.2 Å². The van der Waals surface area contributed by atoms with E-state index >= 15 is 0 Å². The molecule has 0 radical (unpaired) electrons. The highest BCUT2D eigenvalue weighted by Crippen LogP contribution is 2.11. The van der Waals surface area contributed by atoms with Crippen molar-refractivity contribution in [3.05, 3.63) is 46.8 Å². The Morgan fingerprint density at radius 2 is 2.06 bits per heavy atom. The third-order valence-electron chi connectivity index (χ3n) is 3.07. The Hall–Kier alpha value is -1.35. The molecule has 0 aliphatic carbocycles. The van der Waals surface area contributed by atoms with E-state index in [0.29, 0.717) is 5.88 Å². The van der Waals surface area contributed by atoms with E-state index in [2.05, 4.69) is 42.4 Å². The quantitative estimate of drug-likeness (QED) is 0.776. The second-order valence-electron chi connectivity index (χ2n) is 4.62. The van der Waals surface area contributed by atoms with Crippen molar-refractivity contribution in [2.45, 2.75) is 33.2 Å². The fraction of sp³-hybridized carbons (Fsp3) is 0.429. The zero-order valence-corrected chi connectivity index (χ0v) is 11.6. The number of benzene rings is 1. The van der Waals surface area contributed by atoms with Crippen molar-refractivity contribution in [1.29, 1.82) is 0 Å². The van der Waals surface area contributed by atoms with E-state index in [1.165, 1.54) is 16.7 Å². The maximum absolute atomic E-state index is 5.67. The van der Waals surface area contributed by atoms with Crippen LogP contribution in [0, 0.1) is 13.8 Å². The lowest BCUT2D eigenvalue weighted by molar-refractivity contribution is 0.648. The van der Waals surface area contributed by atoms with Crippen LogP contribution in [0.5, 0.6) is 0 Å². The van der Waals surface area contributed by atoms with Gasteiger partial charge in [0, 0.05) is 12.1 Å². The molecule has 1 aromatic carbocycles. The molecule has 0 atom stereocenters. The van der Waals surface area contributed by atoms with Gasteiger partial charge in [-0.3, -0.25) is 0 Å². The normalized spacial score (nSPS) is 10.8. The van der Waals surface area contributed by atoms with Crippen LogP contribution in [0.15, 0.2) is 24.4 Å². The summed E-state index contributed by atoms with van der Waals surface area (Å²) in [5.41, 5.74) is 4.90. The minimum Gasteiger partial charge on any atom is -0.248 e. The van der Waals surface area contributed by atoms with Gasteiger partial charge in [0.25, 0.3) is 0 Å². The van der Waals surface area contributed by atoms with Crippen LogP contribution >= 0.6 is 11.6 Å². The van der Waals surface area contributed by atoms with Gasteiger partial charge in [-0.2, -0.15) is 0 Å². The average Bonchev–Trinajstić information content (AvgIpc) is 2.79. The first-order valence-corrected chi connectivity index (χ1v) is 6.73. The Morgan fingerprint density at radius 3 is 2.78 bits per heavy atom. The molecule has 0 aliphatic heterocycles. The maximum atomic E-state index is 5.67. The van der Waals surface area contributed by atoms with Gasteiger partial charge in [-0.15, -0.1) is 16.7 Å². The van der Waals surface area contributed by atoms with E-state index in [-0.39, 0.29) is 0 Å². The number of nitrogens with zero attached hydrogens (tertiary/aromatic N) is 3. The molecule has 0 saturated carbocycles. The van der Waals surface area contributed by atoms with Crippen molar-refractivity contribution < 1.29 is 0 Å². The fourth-order valence-electron chi connectivity index (χ4n) is 1.87. The molecule has 2 aromatic rings. The number of hydrogen-bond donors (Lipinski definition) is 0. The lowest BCUT2D eigenvalue weighted by Gasteiger charge is -2.04. The van der Waals surface area contributed by atoms with Gasteiger partial charge in [0.15, 0.2) is 0 Å². The molecule has 0 fully saturated rings. The summed E-state index contributed by atoms with van der Waals surface area (Å²) in [6.07, 6.45) is 3.85. The molecule has 0 amide bonds. The Labute approximate surface area is 113 Å². The summed E-state index contributed by atoms with van der Waals surface area (Å²) in [5, 5.41) is 8.28. The molecule has 1 heterocycles. The molecule has 2 rings (SSSR count). The minimum atomic E-state index is 0.671. The van der Waals surface area contributed by atoms with Crippen molar-refractivity contribution in [1.82, 2.24) is 15.0 Å². The molecule has 4 heteroatoms. The molecule has 0 aliphatic rings. The predicted octanol–water partition coefficient (Wildman–Crippen LogP) is 3.11. The number of rotatable bonds is 5. The van der Waals surface area contributed by atoms with E-state index in [1.807, 2.05) is 10.9 Å². The van der Waals surface area contributed by atoms with Gasteiger partial charge in [-0.1, -0.05) is 23.4 Å². The zero-order chi connectivity index (χ0) is 13.0. The number of halogens is 1. The average molecular weight is 264 g/mol. The van der Waals surface area contributed by atoms with Crippen LogP contribution in [0.25, 0.3) is 0 Å². The molecule has 3 nitrogen and oxygen atoms in total. The predicted molar refractivity (Wildman–Crippen MR) is 74.1 cm³/mol. The summed E-state index contributed by atoms with van der Waals surface area (Å²) in [7, 11) is 0. The number of hydrogen-bond acceptors (Lipinski definition) is 2. The highest BCUT2D eigenvalue weighted by molar-refractivity contribution is 6.17. The third kappa shape index (κ3) is 3.33. The standard InChI is InChI=1S/C14H18ClN3/c1-11-5-6-13(8-12(11)2)9-18-10-14(16-17-18)4-3-7-15/h5-6,8,10H,3-4,7,9H2,1-2H3. The van der Waals surface area contributed by atoms with Crippen molar-refractivity contribution in [2.75, 3.05) is 5.88 Å². The first kappa shape index (κ1) is 13.1. The van der Waals surface area contributed by atoms with Gasteiger partial charge in [-0.05, 0) is 43.4 Å². The van der Waals surface area contributed by atoms with E-state index < -0.39 is 0 Å². The molecule has 96 valence electrons. The van der Waals surface area contributed by atoms with Crippen LogP contribution in [-0.4, -0.2) is 20.9 Å². The molecular weight excluding hydrogens is 246 g/mol. The lowest BCUT2D eigenvalue weighted by atomic mass is 10.1. The SMILES string of the molecule is Cc1ccc(Cn2cc(CCCCl)nn2)cc1C. The van der Waals surface area contributed by atoms with Gasteiger partial charge in [0.1, 0.15) is 0 Å². The summed E-state index contributed by atoms with van der Waals surface area (Å²) in [6.45, 7) is 5.03. The minimum absolute atomic E-state index is 0.671. The van der Waals surface area contributed by atoms with Crippen LogP contribution in [0.1, 0.15) is 28.8 Å². The van der Waals surface area contributed by atoms with E-state index in [0.717, 1.165) is 25.1 Å². The number of aryl methyl sites for hydroxylation is 3. The Balaban J connectivity index is 2.04. The molecule has 0 N–H and O–H groups in total. The first-order chi connectivity index (χ1) is 8.69. The molecule has 0 spiro atoms. The topological polar surface area (TPSA) is 30.7 Å². The van der Waals surface area contributed by atoms with Gasteiger partial charge in [0.2, 0.25) is 0 Å². The van der Waals surface area contributed by atoms with Crippen molar-refractivity contribution in [3.63, 3.8) is 0 Å². The van der Waals surface area contributed by atoms with E-state index in [1.54, 1.807) is 0 Å². The molecule has 0 saturated heterocycles. The summed E-state index contributed by atoms with van der Waals surface area (Å²) >= 11 is 5.67. The van der Waals surface area contributed by atoms with Crippen LogP contribution in [0.4, 0.5) is 0 Å². The van der Waals surface area contributed by atoms with E-state index in [4.69, 9.17) is 11.6 Å². The monoisotopic (exact) mass is 263 g/mol. The third-order valence-corrected chi connectivity index (χ3v) is 3.34. The van der Waals surface area contributed by atoms with Gasteiger partial charge >= 0.3 is 0 Å². The summed E-state index contributed by atoms with van der Waals surface area (Å²) < 4.78 is 1.88. The van der Waals surface area contributed by atoms with E-state index in [9.17, 15) is 0 Å². The second kappa shape index (κ2) is 6.01. The highest BCUT2D eigenvalue weighted by Gasteiger charge is 2.02. The maximum Gasteiger partial charge on any atom is 0.0827 e. The summed E-state index contributed by atoms with van der Waals surface area (Å²) in [6, 6.07) is 6.49. The molecule has 0 unspecified atom stereocenters. The number of alkyl halides is 1. The van der Waals surface area contributed by atoms with Crippen LogP contribution in [-0.2, 0) is 13.0 Å².